The number of carbonyl (C=O) groups is 2. The first kappa shape index (κ1) is 16.5. The van der Waals surface area contributed by atoms with Crippen molar-refractivity contribution in [2.45, 2.75) is 25.8 Å². The molecule has 0 saturated carbocycles. The third kappa shape index (κ3) is 6.53. The molecule has 1 heterocycles. The molecule has 1 atom stereocenters. The van der Waals surface area contributed by atoms with E-state index >= 15 is 0 Å². The molecule has 0 aliphatic heterocycles. The third-order valence-electron chi connectivity index (χ3n) is 2.64. The fourth-order valence-corrected chi connectivity index (χ4v) is 2.51. The number of hydrogen-bond donors (Lipinski definition) is 4. The van der Waals surface area contributed by atoms with E-state index in [9.17, 15) is 9.59 Å². The van der Waals surface area contributed by atoms with E-state index in [4.69, 9.17) is 5.73 Å². The van der Waals surface area contributed by atoms with Crippen molar-refractivity contribution in [3.05, 3.63) is 22.4 Å². The zero-order valence-electron chi connectivity index (χ0n) is 11.6. The molecule has 0 aliphatic rings. The van der Waals surface area contributed by atoms with Crippen molar-refractivity contribution < 1.29 is 9.59 Å². The molecule has 5 N–H and O–H groups in total. The summed E-state index contributed by atoms with van der Waals surface area (Å²) in [6, 6.07) is 2.76. The van der Waals surface area contributed by atoms with Gasteiger partial charge in [0.25, 0.3) is 0 Å². The van der Waals surface area contributed by atoms with Crippen molar-refractivity contribution in [2.75, 3.05) is 19.6 Å². The van der Waals surface area contributed by atoms with E-state index in [2.05, 4.69) is 22.9 Å². The lowest BCUT2D eigenvalue weighted by molar-refractivity contribution is -0.121. The Morgan fingerprint density at radius 2 is 2.15 bits per heavy atom. The van der Waals surface area contributed by atoms with Crippen molar-refractivity contribution in [1.29, 1.82) is 0 Å². The first-order valence-corrected chi connectivity index (χ1v) is 7.58. The molecule has 0 saturated heterocycles. The summed E-state index contributed by atoms with van der Waals surface area (Å²) in [6.07, 6.45) is 1.26. The topological polar surface area (TPSA) is 96.2 Å². The van der Waals surface area contributed by atoms with Gasteiger partial charge >= 0.3 is 6.03 Å². The summed E-state index contributed by atoms with van der Waals surface area (Å²) in [5.41, 5.74) is 5.14. The van der Waals surface area contributed by atoms with Gasteiger partial charge in [0.05, 0.1) is 12.5 Å². The molecule has 1 aromatic heterocycles. The van der Waals surface area contributed by atoms with Gasteiger partial charge in [0.2, 0.25) is 5.91 Å². The number of thiophene rings is 1. The highest BCUT2D eigenvalue weighted by molar-refractivity contribution is 7.10. The summed E-state index contributed by atoms with van der Waals surface area (Å²) in [4.78, 5) is 23.7. The Morgan fingerprint density at radius 3 is 2.75 bits per heavy atom. The van der Waals surface area contributed by atoms with E-state index < -0.39 is 6.03 Å². The molecule has 0 radical (unpaired) electrons. The molecule has 112 valence electrons. The van der Waals surface area contributed by atoms with Crippen LogP contribution in [0.3, 0.4) is 0 Å². The number of primary amides is 1. The fourth-order valence-electron chi connectivity index (χ4n) is 1.73. The van der Waals surface area contributed by atoms with Gasteiger partial charge in [-0.2, -0.15) is 0 Å². The molecule has 0 bridgehead atoms. The number of urea groups is 1. The lowest BCUT2D eigenvalue weighted by atomic mass is 10.1. The number of nitrogens with two attached hydrogens (primary N) is 1. The average Bonchev–Trinajstić information content (AvgIpc) is 2.91. The van der Waals surface area contributed by atoms with Crippen LogP contribution in [0.4, 0.5) is 4.79 Å². The molecule has 0 aliphatic carbocycles. The Kier molecular flexibility index (Phi) is 7.67. The monoisotopic (exact) mass is 298 g/mol. The van der Waals surface area contributed by atoms with Crippen molar-refractivity contribution in [1.82, 2.24) is 16.0 Å². The van der Waals surface area contributed by atoms with E-state index in [1.807, 2.05) is 17.5 Å². The minimum absolute atomic E-state index is 0.101. The Hall–Kier alpha value is -1.60. The highest BCUT2D eigenvalue weighted by atomic mass is 32.1. The van der Waals surface area contributed by atoms with Crippen LogP contribution < -0.4 is 21.7 Å². The second-order valence-electron chi connectivity index (χ2n) is 4.38. The number of amides is 3. The molecule has 0 aromatic carbocycles. The Morgan fingerprint density at radius 1 is 1.35 bits per heavy atom. The van der Waals surface area contributed by atoms with Crippen LogP contribution in [0.25, 0.3) is 0 Å². The summed E-state index contributed by atoms with van der Waals surface area (Å²) < 4.78 is 0. The van der Waals surface area contributed by atoms with Gasteiger partial charge < -0.3 is 21.7 Å². The summed E-state index contributed by atoms with van der Waals surface area (Å²) in [5, 5.41) is 10.5. The number of nitrogens with one attached hydrogen (secondary N) is 3. The van der Waals surface area contributed by atoms with Crippen LogP contribution in [0.1, 0.15) is 30.7 Å². The van der Waals surface area contributed by atoms with E-state index in [-0.39, 0.29) is 18.4 Å². The first-order chi connectivity index (χ1) is 9.63. The predicted molar refractivity (Wildman–Crippen MR) is 80.6 cm³/mol. The number of carbonyl (C=O) groups excluding carboxylic acids is 2. The zero-order chi connectivity index (χ0) is 14.8. The summed E-state index contributed by atoms with van der Waals surface area (Å²) in [5.74, 6) is -0.101. The van der Waals surface area contributed by atoms with Crippen LogP contribution in [0, 0.1) is 0 Å². The molecule has 6 nitrogen and oxygen atoms in total. The largest absolute Gasteiger partial charge is 0.355 e. The second-order valence-corrected chi connectivity index (χ2v) is 5.36. The quantitative estimate of drug-likeness (QED) is 0.511. The van der Waals surface area contributed by atoms with Gasteiger partial charge in [-0.25, -0.2) is 4.79 Å². The molecule has 1 unspecified atom stereocenters. The van der Waals surface area contributed by atoms with Gasteiger partial charge in [-0.05, 0) is 24.4 Å². The van der Waals surface area contributed by atoms with E-state index in [0.29, 0.717) is 6.54 Å². The minimum Gasteiger partial charge on any atom is -0.355 e. The molecular weight excluding hydrogens is 276 g/mol. The number of rotatable bonds is 9. The standard InChI is InChI=1S/C13H22N4O2S/c1-2-5-15-6-7-16-12(18)9-10(17-13(14)19)11-4-3-8-20-11/h3-4,8,10,15H,2,5-7,9H2,1H3,(H,16,18)(H3,14,17,19). The normalized spacial score (nSPS) is 11.8. The Balaban J connectivity index is 2.37. The van der Waals surface area contributed by atoms with Crippen molar-refractivity contribution in [2.24, 2.45) is 5.73 Å². The van der Waals surface area contributed by atoms with Crippen LogP contribution in [0.5, 0.6) is 0 Å². The highest BCUT2D eigenvalue weighted by Crippen LogP contribution is 2.21. The summed E-state index contributed by atoms with van der Waals surface area (Å²) in [6.45, 7) is 4.35. The van der Waals surface area contributed by atoms with Crippen LogP contribution in [0.2, 0.25) is 0 Å². The fraction of sp³-hybridized carbons (Fsp3) is 0.538. The van der Waals surface area contributed by atoms with E-state index in [1.165, 1.54) is 11.3 Å². The van der Waals surface area contributed by atoms with Gasteiger partial charge in [-0.15, -0.1) is 11.3 Å². The maximum absolute atomic E-state index is 11.8. The van der Waals surface area contributed by atoms with Crippen LogP contribution >= 0.6 is 11.3 Å². The van der Waals surface area contributed by atoms with Gasteiger partial charge in [-0.1, -0.05) is 13.0 Å². The van der Waals surface area contributed by atoms with Crippen LogP contribution in [-0.4, -0.2) is 31.6 Å². The van der Waals surface area contributed by atoms with Gasteiger partial charge in [0.15, 0.2) is 0 Å². The summed E-state index contributed by atoms with van der Waals surface area (Å²) in [7, 11) is 0. The van der Waals surface area contributed by atoms with Crippen LogP contribution in [-0.2, 0) is 4.79 Å². The molecular formula is C13H22N4O2S. The van der Waals surface area contributed by atoms with E-state index in [0.717, 1.165) is 24.4 Å². The lowest BCUT2D eigenvalue weighted by Crippen LogP contribution is -2.38. The zero-order valence-corrected chi connectivity index (χ0v) is 12.5. The maximum atomic E-state index is 11.8. The van der Waals surface area contributed by atoms with Gasteiger partial charge in [-0.3, -0.25) is 4.79 Å². The number of hydrogen-bond acceptors (Lipinski definition) is 4. The molecule has 0 fully saturated rings. The Bertz CT molecular complexity index is 409. The molecule has 3 amide bonds. The highest BCUT2D eigenvalue weighted by Gasteiger charge is 2.17. The SMILES string of the molecule is CCCNCCNC(=O)CC(NC(N)=O)c1cccs1. The van der Waals surface area contributed by atoms with Crippen molar-refractivity contribution in [3.8, 4) is 0 Å². The van der Waals surface area contributed by atoms with Gasteiger partial charge in [0.1, 0.15) is 0 Å². The lowest BCUT2D eigenvalue weighted by Gasteiger charge is -2.16. The molecule has 20 heavy (non-hydrogen) atoms. The van der Waals surface area contributed by atoms with E-state index in [1.54, 1.807) is 0 Å². The second kappa shape index (κ2) is 9.33. The Labute approximate surface area is 123 Å². The molecule has 7 heteroatoms. The summed E-state index contributed by atoms with van der Waals surface area (Å²) >= 11 is 1.49. The smallest absolute Gasteiger partial charge is 0.312 e. The van der Waals surface area contributed by atoms with Crippen molar-refractivity contribution in [3.63, 3.8) is 0 Å². The maximum Gasteiger partial charge on any atom is 0.312 e. The average molecular weight is 298 g/mol. The van der Waals surface area contributed by atoms with Crippen molar-refractivity contribution >= 4 is 23.3 Å². The molecule has 1 rings (SSSR count). The predicted octanol–water partition coefficient (Wildman–Crippen LogP) is 0.963. The third-order valence-corrected chi connectivity index (χ3v) is 3.63. The molecule has 1 aromatic rings. The van der Waals surface area contributed by atoms with Crippen LogP contribution in [0.15, 0.2) is 17.5 Å². The molecule has 0 spiro atoms. The minimum atomic E-state index is -0.624. The van der Waals surface area contributed by atoms with Gasteiger partial charge in [0, 0.05) is 18.0 Å². The first-order valence-electron chi connectivity index (χ1n) is 6.70.